The van der Waals surface area contributed by atoms with Gasteiger partial charge in [-0.25, -0.2) is 9.59 Å². The number of rotatable bonds is 6. The fourth-order valence-electron chi connectivity index (χ4n) is 1.07. The molecule has 0 aromatic heterocycles. The Bertz CT molecular complexity index is 412. The van der Waals surface area contributed by atoms with Crippen LogP contribution in [0.25, 0.3) is 0 Å². The number of carbonyl (C=O) groups excluding carboxylic acids is 2. The van der Waals surface area contributed by atoms with Gasteiger partial charge in [0.05, 0.1) is 6.54 Å². The molecule has 0 radical (unpaired) electrons. The highest BCUT2D eigenvalue weighted by Gasteiger charge is 2.57. The molecule has 1 unspecified atom stereocenters. The van der Waals surface area contributed by atoms with Gasteiger partial charge in [-0.3, -0.25) is 15.4 Å². The largest absolute Gasteiger partial charge is 0.480 e. The van der Waals surface area contributed by atoms with Crippen molar-refractivity contribution >= 4 is 17.9 Å². The molecule has 0 aliphatic heterocycles. The number of urea groups is 1. The van der Waals surface area contributed by atoms with Gasteiger partial charge >= 0.3 is 18.2 Å². The number of aliphatic carboxylic acids is 1. The Kier molecular flexibility index (Phi) is 6.61. The Hall–Kier alpha value is -1.84. The molecule has 21 heavy (non-hydrogen) atoms. The first kappa shape index (κ1) is 19.2. The van der Waals surface area contributed by atoms with Gasteiger partial charge in [0.1, 0.15) is 0 Å². The van der Waals surface area contributed by atoms with E-state index in [0.717, 1.165) is 0 Å². The Labute approximate surface area is 119 Å². The predicted molar refractivity (Wildman–Crippen MR) is 66.5 cm³/mol. The summed E-state index contributed by atoms with van der Waals surface area (Å²) in [5, 5.41) is 14.3. The highest BCUT2D eigenvalue weighted by Crippen LogP contribution is 2.30. The summed E-state index contributed by atoms with van der Waals surface area (Å²) in [6, 6.07) is -0.862. The summed E-state index contributed by atoms with van der Waals surface area (Å²) in [5.41, 5.74) is -3.28. The molecule has 1 atom stereocenters. The summed E-state index contributed by atoms with van der Waals surface area (Å²) in [4.78, 5) is 33.2. The molecule has 0 aliphatic carbocycles. The minimum atomic E-state index is -5.10. The summed E-state index contributed by atoms with van der Waals surface area (Å²) >= 11 is 0. The van der Waals surface area contributed by atoms with Gasteiger partial charge in [-0.2, -0.15) is 13.2 Å². The number of nitrogens with one attached hydrogen (secondary N) is 3. The molecule has 0 fully saturated rings. The summed E-state index contributed by atoms with van der Waals surface area (Å²) in [7, 11) is 0. The van der Waals surface area contributed by atoms with Crippen molar-refractivity contribution in [2.24, 2.45) is 5.92 Å². The Morgan fingerprint density at radius 1 is 1.19 bits per heavy atom. The van der Waals surface area contributed by atoms with Crippen molar-refractivity contribution in [2.45, 2.75) is 32.5 Å². The van der Waals surface area contributed by atoms with Crippen LogP contribution in [0.2, 0.25) is 0 Å². The molecular weight excluding hydrogens is 295 g/mol. The Morgan fingerprint density at radius 3 is 2.10 bits per heavy atom. The summed E-state index contributed by atoms with van der Waals surface area (Å²) in [5.74, 6) is -3.12. The van der Waals surface area contributed by atoms with Crippen LogP contribution in [0.4, 0.5) is 18.0 Å². The van der Waals surface area contributed by atoms with E-state index in [1.807, 2.05) is 13.8 Å². The van der Waals surface area contributed by atoms with Crippen LogP contribution in [-0.4, -0.2) is 47.8 Å². The van der Waals surface area contributed by atoms with Crippen molar-refractivity contribution in [1.82, 2.24) is 16.0 Å². The number of amides is 3. The average Bonchev–Trinajstić information content (AvgIpc) is 2.31. The van der Waals surface area contributed by atoms with E-state index in [2.05, 4.69) is 5.32 Å². The zero-order valence-electron chi connectivity index (χ0n) is 11.8. The van der Waals surface area contributed by atoms with Crippen molar-refractivity contribution < 1.29 is 32.7 Å². The number of halogens is 3. The van der Waals surface area contributed by atoms with E-state index in [1.165, 1.54) is 0 Å². The maximum Gasteiger partial charge on any atom is 0.417 e. The molecule has 0 bridgehead atoms. The van der Waals surface area contributed by atoms with Crippen LogP contribution in [0.5, 0.6) is 0 Å². The van der Waals surface area contributed by atoms with E-state index >= 15 is 0 Å². The van der Waals surface area contributed by atoms with Crippen molar-refractivity contribution in [3.8, 4) is 0 Å². The van der Waals surface area contributed by atoms with Gasteiger partial charge in [-0.15, -0.1) is 0 Å². The molecule has 0 saturated carbocycles. The van der Waals surface area contributed by atoms with Crippen molar-refractivity contribution in [3.05, 3.63) is 0 Å². The molecule has 3 amide bonds. The van der Waals surface area contributed by atoms with Crippen LogP contribution < -0.4 is 16.0 Å². The lowest BCUT2D eigenvalue weighted by molar-refractivity contribution is -0.205. The van der Waals surface area contributed by atoms with Gasteiger partial charge < -0.3 is 10.4 Å². The number of hydrogen-bond donors (Lipinski definition) is 4. The number of hydrogen-bond acceptors (Lipinski definition) is 4. The number of alkyl halides is 3. The van der Waals surface area contributed by atoms with Crippen LogP contribution in [0.3, 0.4) is 0 Å². The van der Waals surface area contributed by atoms with E-state index in [9.17, 15) is 27.6 Å². The highest BCUT2D eigenvalue weighted by atomic mass is 19.4. The first-order valence-corrected chi connectivity index (χ1v) is 6.03. The smallest absolute Gasteiger partial charge is 0.417 e. The molecule has 7 nitrogen and oxygen atoms in total. The maximum absolute atomic E-state index is 12.6. The van der Waals surface area contributed by atoms with E-state index in [1.54, 1.807) is 10.6 Å². The van der Waals surface area contributed by atoms with Crippen LogP contribution in [0, 0.1) is 5.92 Å². The molecule has 0 aliphatic rings. The van der Waals surface area contributed by atoms with Crippen LogP contribution in [0.1, 0.15) is 20.8 Å². The standard InChI is InChI=1S/C11H18F3N3O4/c1-6(2)4-15-9(21)17-7(18)5-16-10(3,8(19)20)11(12,13)14/h6,16H,4-5H2,1-3H3,(H,19,20)(H2,15,17,18,21). The van der Waals surface area contributed by atoms with Gasteiger partial charge in [0.2, 0.25) is 11.4 Å². The number of carboxylic acids is 1. The van der Waals surface area contributed by atoms with Gasteiger partial charge in [0.15, 0.2) is 0 Å². The molecule has 0 spiro atoms. The van der Waals surface area contributed by atoms with E-state index < -0.39 is 36.2 Å². The molecular formula is C11H18F3N3O4. The molecule has 0 aromatic rings. The minimum Gasteiger partial charge on any atom is -0.480 e. The normalized spacial score (nSPS) is 14.4. The fourth-order valence-corrected chi connectivity index (χ4v) is 1.07. The second-order valence-corrected chi connectivity index (χ2v) is 4.93. The third-order valence-corrected chi connectivity index (χ3v) is 2.52. The van der Waals surface area contributed by atoms with Crippen molar-refractivity contribution in [3.63, 3.8) is 0 Å². The summed E-state index contributed by atoms with van der Waals surface area (Å²) in [6.07, 6.45) is -5.10. The molecule has 122 valence electrons. The molecule has 0 heterocycles. The zero-order chi connectivity index (χ0) is 16.8. The third-order valence-electron chi connectivity index (χ3n) is 2.52. The topological polar surface area (TPSA) is 108 Å². The zero-order valence-corrected chi connectivity index (χ0v) is 11.8. The fraction of sp³-hybridized carbons (Fsp3) is 0.727. The van der Waals surface area contributed by atoms with Crippen molar-refractivity contribution in [2.75, 3.05) is 13.1 Å². The van der Waals surface area contributed by atoms with Gasteiger partial charge in [0, 0.05) is 6.54 Å². The Morgan fingerprint density at radius 2 is 1.71 bits per heavy atom. The lowest BCUT2D eigenvalue weighted by atomic mass is 10.0. The Balaban J connectivity index is 4.47. The maximum atomic E-state index is 12.6. The van der Waals surface area contributed by atoms with Crippen molar-refractivity contribution in [1.29, 1.82) is 0 Å². The molecule has 0 rings (SSSR count). The van der Waals surface area contributed by atoms with E-state index in [4.69, 9.17) is 5.11 Å². The van der Waals surface area contributed by atoms with Crippen LogP contribution in [0.15, 0.2) is 0 Å². The molecule has 0 aromatic carbocycles. The second kappa shape index (κ2) is 7.25. The number of imide groups is 1. The molecule has 10 heteroatoms. The van der Waals surface area contributed by atoms with Gasteiger partial charge in [0.25, 0.3) is 0 Å². The lowest BCUT2D eigenvalue weighted by Gasteiger charge is -2.28. The molecule has 4 N–H and O–H groups in total. The first-order chi connectivity index (χ1) is 9.40. The summed E-state index contributed by atoms with van der Waals surface area (Å²) < 4.78 is 37.9. The van der Waals surface area contributed by atoms with E-state index in [-0.39, 0.29) is 12.5 Å². The second-order valence-electron chi connectivity index (χ2n) is 4.93. The predicted octanol–water partition coefficient (Wildman–Crippen LogP) is 0.463. The van der Waals surface area contributed by atoms with E-state index in [0.29, 0.717) is 6.92 Å². The third kappa shape index (κ3) is 5.98. The molecule has 0 saturated heterocycles. The van der Waals surface area contributed by atoms with Crippen LogP contribution in [-0.2, 0) is 9.59 Å². The minimum absolute atomic E-state index is 0.129. The van der Waals surface area contributed by atoms with Crippen LogP contribution >= 0.6 is 0 Å². The summed E-state index contributed by atoms with van der Waals surface area (Å²) in [6.45, 7) is 3.32. The van der Waals surface area contributed by atoms with Gasteiger partial charge in [-0.05, 0) is 12.8 Å². The average molecular weight is 313 g/mol. The number of carbonyl (C=O) groups is 3. The lowest BCUT2D eigenvalue weighted by Crippen LogP contribution is -2.62. The SMILES string of the molecule is CC(C)CNC(=O)NC(=O)CNC(C)(C(=O)O)C(F)(F)F. The van der Waals surface area contributed by atoms with Gasteiger partial charge in [-0.1, -0.05) is 13.8 Å². The number of carboxylic acid groups (broad SMARTS) is 1. The first-order valence-electron chi connectivity index (χ1n) is 6.03. The monoisotopic (exact) mass is 313 g/mol. The highest BCUT2D eigenvalue weighted by molar-refractivity contribution is 5.95. The quantitative estimate of drug-likeness (QED) is 0.570.